The molecule has 0 radical (unpaired) electrons. The highest BCUT2D eigenvalue weighted by Crippen LogP contribution is 2.40. The van der Waals surface area contributed by atoms with E-state index in [1.54, 1.807) is 6.20 Å². The van der Waals surface area contributed by atoms with Gasteiger partial charge in [0.25, 0.3) is 0 Å². The molecular weight excluding hydrogens is 342 g/mol. The predicted octanol–water partition coefficient (Wildman–Crippen LogP) is 2.03. The highest BCUT2D eigenvalue weighted by Gasteiger charge is 2.42. The number of pyridine rings is 1. The summed E-state index contributed by atoms with van der Waals surface area (Å²) in [6.45, 7) is 3.96. The van der Waals surface area contributed by atoms with E-state index in [2.05, 4.69) is 4.98 Å². The third-order valence-corrected chi connectivity index (χ3v) is 6.43. The van der Waals surface area contributed by atoms with Gasteiger partial charge in [-0.15, -0.1) is 0 Å². The van der Waals surface area contributed by atoms with Crippen molar-refractivity contribution in [2.75, 3.05) is 32.8 Å². The van der Waals surface area contributed by atoms with Gasteiger partial charge in [-0.1, -0.05) is 6.07 Å². The monoisotopic (exact) mass is 371 g/mol. The van der Waals surface area contributed by atoms with Gasteiger partial charge in [-0.3, -0.25) is 14.6 Å². The first-order valence-corrected chi connectivity index (χ1v) is 10.2. The number of likely N-dealkylation sites (tertiary alicyclic amines) is 2. The Hall–Kier alpha value is -1.95. The summed E-state index contributed by atoms with van der Waals surface area (Å²) in [6, 6.07) is 5.69. The fourth-order valence-electron chi connectivity index (χ4n) is 4.71. The first kappa shape index (κ1) is 18.4. The van der Waals surface area contributed by atoms with Crippen molar-refractivity contribution in [1.82, 2.24) is 14.8 Å². The summed E-state index contributed by atoms with van der Waals surface area (Å²) in [5, 5.41) is 0. The lowest BCUT2D eigenvalue weighted by atomic mass is 9.72. The van der Waals surface area contributed by atoms with Crippen LogP contribution in [0, 0.1) is 5.41 Å². The molecule has 0 bridgehead atoms. The maximum atomic E-state index is 12.6. The summed E-state index contributed by atoms with van der Waals surface area (Å²) in [4.78, 5) is 33.2. The van der Waals surface area contributed by atoms with E-state index in [0.29, 0.717) is 12.8 Å². The van der Waals surface area contributed by atoms with Gasteiger partial charge in [0, 0.05) is 51.1 Å². The predicted molar refractivity (Wildman–Crippen MR) is 101 cm³/mol. The highest BCUT2D eigenvalue weighted by atomic mass is 16.5. The fraction of sp³-hybridized carbons (Fsp3) is 0.667. The van der Waals surface area contributed by atoms with E-state index >= 15 is 0 Å². The first-order chi connectivity index (χ1) is 13.1. The van der Waals surface area contributed by atoms with Crippen LogP contribution in [0.3, 0.4) is 0 Å². The zero-order chi connectivity index (χ0) is 18.7. The quantitative estimate of drug-likeness (QED) is 0.813. The Morgan fingerprint density at radius 2 is 2.11 bits per heavy atom. The van der Waals surface area contributed by atoms with Gasteiger partial charge in [-0.2, -0.15) is 0 Å². The summed E-state index contributed by atoms with van der Waals surface area (Å²) in [5.41, 5.74) is 1.00. The minimum absolute atomic E-state index is 0.159. The van der Waals surface area contributed by atoms with Crippen molar-refractivity contribution in [3.8, 4) is 0 Å². The maximum Gasteiger partial charge on any atom is 0.228 e. The van der Waals surface area contributed by atoms with Crippen LogP contribution in [0.1, 0.15) is 44.2 Å². The van der Waals surface area contributed by atoms with Gasteiger partial charge in [0.05, 0.1) is 12.5 Å². The third kappa shape index (κ3) is 4.32. The van der Waals surface area contributed by atoms with Gasteiger partial charge < -0.3 is 14.5 Å². The molecule has 6 heteroatoms. The number of piperidine rings is 2. The number of amides is 2. The molecule has 4 heterocycles. The van der Waals surface area contributed by atoms with Crippen LogP contribution in [-0.4, -0.2) is 65.5 Å². The van der Waals surface area contributed by atoms with Crippen molar-refractivity contribution in [2.24, 2.45) is 5.41 Å². The molecule has 4 rings (SSSR count). The van der Waals surface area contributed by atoms with Crippen LogP contribution in [0.5, 0.6) is 0 Å². The van der Waals surface area contributed by atoms with Crippen LogP contribution in [0.25, 0.3) is 0 Å². The Bertz CT molecular complexity index is 665. The molecule has 0 N–H and O–H groups in total. The molecule has 0 saturated carbocycles. The molecule has 3 aliphatic heterocycles. The molecule has 0 aliphatic carbocycles. The van der Waals surface area contributed by atoms with E-state index in [0.717, 1.165) is 70.6 Å². The van der Waals surface area contributed by atoms with E-state index in [1.807, 2.05) is 28.0 Å². The minimum atomic E-state index is 0.159. The molecule has 2 amide bonds. The second kappa shape index (κ2) is 7.97. The topological polar surface area (TPSA) is 62.7 Å². The zero-order valence-electron chi connectivity index (χ0n) is 15.9. The van der Waals surface area contributed by atoms with Crippen molar-refractivity contribution in [1.29, 1.82) is 0 Å². The van der Waals surface area contributed by atoms with E-state index in [1.165, 1.54) is 0 Å². The van der Waals surface area contributed by atoms with Gasteiger partial charge in [0.1, 0.15) is 0 Å². The van der Waals surface area contributed by atoms with Gasteiger partial charge in [0.2, 0.25) is 11.8 Å². The van der Waals surface area contributed by atoms with Crippen molar-refractivity contribution in [3.05, 3.63) is 30.1 Å². The molecule has 6 nitrogen and oxygen atoms in total. The number of aromatic nitrogens is 1. The van der Waals surface area contributed by atoms with Crippen LogP contribution < -0.4 is 0 Å². The number of hydrogen-bond acceptors (Lipinski definition) is 4. The molecule has 1 aromatic heterocycles. The van der Waals surface area contributed by atoms with Crippen LogP contribution in [-0.2, 0) is 20.7 Å². The highest BCUT2D eigenvalue weighted by molar-refractivity contribution is 5.79. The second-order valence-corrected chi connectivity index (χ2v) is 8.29. The average Bonchev–Trinajstić information content (AvgIpc) is 3.19. The van der Waals surface area contributed by atoms with Crippen LogP contribution >= 0.6 is 0 Å². The third-order valence-electron chi connectivity index (χ3n) is 6.43. The summed E-state index contributed by atoms with van der Waals surface area (Å²) in [6.07, 6.45) is 8.03. The van der Waals surface area contributed by atoms with Crippen molar-refractivity contribution in [2.45, 2.75) is 51.0 Å². The van der Waals surface area contributed by atoms with Crippen LogP contribution in [0.4, 0.5) is 0 Å². The molecule has 1 atom stereocenters. The van der Waals surface area contributed by atoms with Gasteiger partial charge in [-0.25, -0.2) is 0 Å². The van der Waals surface area contributed by atoms with Gasteiger partial charge >= 0.3 is 0 Å². The summed E-state index contributed by atoms with van der Waals surface area (Å²) in [7, 11) is 0. The van der Waals surface area contributed by atoms with Gasteiger partial charge in [-0.05, 0) is 49.7 Å². The Balaban J connectivity index is 1.31. The minimum Gasteiger partial charge on any atom is -0.376 e. The molecule has 3 aliphatic rings. The Labute approximate surface area is 160 Å². The van der Waals surface area contributed by atoms with Gasteiger partial charge in [0.15, 0.2) is 0 Å². The fourth-order valence-corrected chi connectivity index (χ4v) is 4.71. The molecule has 146 valence electrons. The Morgan fingerprint density at radius 1 is 1.26 bits per heavy atom. The second-order valence-electron chi connectivity index (χ2n) is 8.29. The molecule has 27 heavy (non-hydrogen) atoms. The first-order valence-electron chi connectivity index (χ1n) is 10.2. The maximum absolute atomic E-state index is 12.6. The molecule has 3 saturated heterocycles. The summed E-state index contributed by atoms with van der Waals surface area (Å²) >= 11 is 0. The lowest BCUT2D eigenvalue weighted by molar-refractivity contribution is -0.143. The van der Waals surface area contributed by atoms with E-state index in [-0.39, 0.29) is 23.3 Å². The molecule has 0 aromatic carbocycles. The molecular formula is C21H29N3O3. The zero-order valence-corrected chi connectivity index (χ0v) is 15.9. The van der Waals surface area contributed by atoms with Crippen molar-refractivity contribution >= 4 is 11.8 Å². The largest absolute Gasteiger partial charge is 0.376 e. The molecule has 1 aromatic rings. The number of carbonyl (C=O) groups is 2. The number of carbonyl (C=O) groups excluding carboxylic acids is 2. The van der Waals surface area contributed by atoms with E-state index in [4.69, 9.17) is 4.74 Å². The Kier molecular flexibility index (Phi) is 5.43. The van der Waals surface area contributed by atoms with Crippen LogP contribution in [0.2, 0.25) is 0 Å². The van der Waals surface area contributed by atoms with Crippen LogP contribution in [0.15, 0.2) is 24.4 Å². The molecule has 0 unspecified atom stereocenters. The lowest BCUT2D eigenvalue weighted by Crippen LogP contribution is -2.53. The number of rotatable bonds is 4. The number of ether oxygens (including phenoxy) is 1. The number of nitrogens with zero attached hydrogens (tertiary/aromatic N) is 3. The average molecular weight is 371 g/mol. The Morgan fingerprint density at radius 3 is 2.81 bits per heavy atom. The SMILES string of the molecule is O=C(Cc1ccccn1)N1CCC2(CCC(=O)N(C[C@H]3CCCO3)C2)CC1. The standard InChI is InChI=1S/C21H29N3O3/c25-19-6-7-21(16-24(19)15-18-5-3-13-27-18)8-11-23(12-9-21)20(26)14-17-4-1-2-10-22-17/h1-2,4,10,18H,3,5-9,11-16H2/t18-/m1/s1. The number of hydrogen-bond donors (Lipinski definition) is 0. The molecule has 1 spiro atoms. The molecule has 3 fully saturated rings. The lowest BCUT2D eigenvalue weighted by Gasteiger charge is -2.47. The van der Waals surface area contributed by atoms with Crippen molar-refractivity contribution in [3.63, 3.8) is 0 Å². The summed E-state index contributed by atoms with van der Waals surface area (Å²) in [5.74, 6) is 0.427. The van der Waals surface area contributed by atoms with E-state index < -0.39 is 0 Å². The normalized spacial score (nSPS) is 25.2. The smallest absolute Gasteiger partial charge is 0.228 e. The van der Waals surface area contributed by atoms with Crippen molar-refractivity contribution < 1.29 is 14.3 Å². The summed E-state index contributed by atoms with van der Waals surface area (Å²) < 4.78 is 5.73. The van der Waals surface area contributed by atoms with E-state index in [9.17, 15) is 9.59 Å².